The van der Waals surface area contributed by atoms with Crippen LogP contribution in [0.4, 0.5) is 13.2 Å². The van der Waals surface area contributed by atoms with Crippen molar-refractivity contribution in [3.8, 4) is 5.75 Å². The molecule has 0 N–H and O–H groups in total. The van der Waals surface area contributed by atoms with Crippen molar-refractivity contribution in [1.29, 1.82) is 0 Å². The Balaban J connectivity index is 0.00000324. The van der Waals surface area contributed by atoms with E-state index in [0.717, 1.165) is 25.3 Å². The molecule has 0 aliphatic heterocycles. The third-order valence-electron chi connectivity index (χ3n) is 2.65. The van der Waals surface area contributed by atoms with E-state index in [1.165, 1.54) is 12.1 Å². The summed E-state index contributed by atoms with van der Waals surface area (Å²) in [5.74, 6) is 0.582. The van der Waals surface area contributed by atoms with Crippen LogP contribution in [0.3, 0.4) is 0 Å². The van der Waals surface area contributed by atoms with Gasteiger partial charge in [-0.3, -0.25) is 0 Å². The molecule has 0 aromatic heterocycles. The Morgan fingerprint density at radius 1 is 1.11 bits per heavy atom. The molecule has 110 valence electrons. The highest BCUT2D eigenvalue weighted by Crippen LogP contribution is 2.33. The average Bonchev–Trinajstić information content (AvgIpc) is 2.33. The van der Waals surface area contributed by atoms with Crippen LogP contribution in [0.5, 0.6) is 5.75 Å². The highest BCUT2D eigenvalue weighted by Gasteiger charge is 2.31. The lowest BCUT2D eigenvalue weighted by atomic mass is 10.0. The zero-order chi connectivity index (χ0) is 13.6. The van der Waals surface area contributed by atoms with Crippen LogP contribution in [0.2, 0.25) is 0 Å². The SMILES string of the molecule is C.CCCCc1cc(C(F)(F)F)ccc1OCCC. The van der Waals surface area contributed by atoms with Crippen LogP contribution in [-0.4, -0.2) is 6.61 Å². The van der Waals surface area contributed by atoms with E-state index in [0.29, 0.717) is 24.3 Å². The predicted octanol–water partition coefficient (Wildman–Crippen LogP) is 5.47. The van der Waals surface area contributed by atoms with Crippen molar-refractivity contribution in [2.45, 2.75) is 53.1 Å². The van der Waals surface area contributed by atoms with Gasteiger partial charge in [0, 0.05) is 0 Å². The Hall–Kier alpha value is -1.19. The van der Waals surface area contributed by atoms with Gasteiger partial charge in [0.2, 0.25) is 0 Å². The summed E-state index contributed by atoms with van der Waals surface area (Å²) < 4.78 is 43.4. The van der Waals surface area contributed by atoms with E-state index < -0.39 is 11.7 Å². The molecule has 1 nitrogen and oxygen atoms in total. The lowest BCUT2D eigenvalue weighted by Crippen LogP contribution is -2.07. The summed E-state index contributed by atoms with van der Waals surface area (Å²) in [6, 6.07) is 3.73. The maximum Gasteiger partial charge on any atom is 0.416 e. The first kappa shape index (κ1) is 17.8. The van der Waals surface area contributed by atoms with Gasteiger partial charge >= 0.3 is 6.18 Å². The molecule has 0 bridgehead atoms. The van der Waals surface area contributed by atoms with Crippen LogP contribution in [-0.2, 0) is 12.6 Å². The normalized spacial score (nSPS) is 11.0. The number of halogens is 3. The molecule has 0 saturated carbocycles. The Bertz CT molecular complexity index is 372. The zero-order valence-corrected chi connectivity index (χ0v) is 10.8. The third-order valence-corrected chi connectivity index (χ3v) is 2.65. The summed E-state index contributed by atoms with van der Waals surface area (Å²) in [4.78, 5) is 0. The molecule has 1 aromatic rings. The van der Waals surface area contributed by atoms with E-state index in [2.05, 4.69) is 0 Å². The van der Waals surface area contributed by atoms with Crippen molar-refractivity contribution in [2.24, 2.45) is 0 Å². The molecule has 0 unspecified atom stereocenters. The minimum absolute atomic E-state index is 0. The Morgan fingerprint density at radius 3 is 2.32 bits per heavy atom. The van der Waals surface area contributed by atoms with Crippen molar-refractivity contribution in [2.75, 3.05) is 6.61 Å². The first-order valence-corrected chi connectivity index (χ1v) is 6.32. The third kappa shape index (κ3) is 5.53. The van der Waals surface area contributed by atoms with Crippen molar-refractivity contribution in [3.63, 3.8) is 0 Å². The molecule has 0 amide bonds. The second-order valence-corrected chi connectivity index (χ2v) is 4.27. The van der Waals surface area contributed by atoms with Gasteiger partial charge in [-0.15, -0.1) is 0 Å². The van der Waals surface area contributed by atoms with Crippen molar-refractivity contribution in [1.82, 2.24) is 0 Å². The van der Waals surface area contributed by atoms with E-state index in [4.69, 9.17) is 4.74 Å². The first-order valence-electron chi connectivity index (χ1n) is 6.32. The Morgan fingerprint density at radius 2 is 1.79 bits per heavy atom. The van der Waals surface area contributed by atoms with Crippen LogP contribution in [0, 0.1) is 0 Å². The van der Waals surface area contributed by atoms with E-state index >= 15 is 0 Å². The van der Waals surface area contributed by atoms with Gasteiger partial charge in [0.25, 0.3) is 0 Å². The number of ether oxygens (including phenoxy) is 1. The molecule has 0 radical (unpaired) electrons. The number of benzene rings is 1. The van der Waals surface area contributed by atoms with E-state index in [1.807, 2.05) is 13.8 Å². The van der Waals surface area contributed by atoms with E-state index in [-0.39, 0.29) is 7.43 Å². The van der Waals surface area contributed by atoms with Crippen molar-refractivity contribution in [3.05, 3.63) is 29.3 Å². The van der Waals surface area contributed by atoms with Crippen molar-refractivity contribution < 1.29 is 17.9 Å². The zero-order valence-electron chi connectivity index (χ0n) is 10.8. The van der Waals surface area contributed by atoms with Gasteiger partial charge in [-0.25, -0.2) is 0 Å². The average molecular weight is 276 g/mol. The van der Waals surface area contributed by atoms with Crippen LogP contribution in [0.1, 0.15) is 51.7 Å². The molecule has 0 atom stereocenters. The van der Waals surface area contributed by atoms with Gasteiger partial charge in [-0.05, 0) is 43.0 Å². The molecule has 19 heavy (non-hydrogen) atoms. The van der Waals surface area contributed by atoms with Gasteiger partial charge in [0.15, 0.2) is 0 Å². The largest absolute Gasteiger partial charge is 0.493 e. The second-order valence-electron chi connectivity index (χ2n) is 4.27. The van der Waals surface area contributed by atoms with Gasteiger partial charge in [-0.2, -0.15) is 13.2 Å². The van der Waals surface area contributed by atoms with E-state index in [9.17, 15) is 13.2 Å². The van der Waals surface area contributed by atoms with Crippen LogP contribution < -0.4 is 4.74 Å². The minimum Gasteiger partial charge on any atom is -0.493 e. The fraction of sp³-hybridized carbons (Fsp3) is 0.600. The summed E-state index contributed by atoms with van der Waals surface area (Å²) in [5, 5.41) is 0. The van der Waals surface area contributed by atoms with E-state index in [1.54, 1.807) is 0 Å². The summed E-state index contributed by atoms with van der Waals surface area (Å²) in [7, 11) is 0. The lowest BCUT2D eigenvalue weighted by molar-refractivity contribution is -0.137. The smallest absolute Gasteiger partial charge is 0.416 e. The number of hydrogen-bond donors (Lipinski definition) is 0. The maximum absolute atomic E-state index is 12.6. The molecular formula is C15H23F3O. The molecule has 0 saturated heterocycles. The summed E-state index contributed by atoms with van der Waals surface area (Å²) in [6.45, 7) is 4.51. The fourth-order valence-electron chi connectivity index (χ4n) is 1.67. The number of rotatable bonds is 6. The second kappa shape index (κ2) is 8.08. The lowest BCUT2D eigenvalue weighted by Gasteiger charge is -2.14. The summed E-state index contributed by atoms with van der Waals surface area (Å²) >= 11 is 0. The molecule has 0 heterocycles. The Kier molecular flexibility index (Phi) is 7.57. The topological polar surface area (TPSA) is 9.23 Å². The number of alkyl halides is 3. The quantitative estimate of drug-likeness (QED) is 0.669. The summed E-state index contributed by atoms with van der Waals surface area (Å²) in [5.41, 5.74) is 0.0533. The van der Waals surface area contributed by atoms with Crippen molar-refractivity contribution >= 4 is 0 Å². The van der Waals surface area contributed by atoms with Crippen LogP contribution in [0.15, 0.2) is 18.2 Å². The van der Waals surface area contributed by atoms with Gasteiger partial charge in [0.1, 0.15) is 5.75 Å². The first-order chi connectivity index (χ1) is 8.49. The molecular weight excluding hydrogens is 253 g/mol. The number of hydrogen-bond acceptors (Lipinski definition) is 1. The molecule has 0 fully saturated rings. The minimum atomic E-state index is -4.29. The van der Waals surface area contributed by atoms with Gasteiger partial charge < -0.3 is 4.74 Å². The van der Waals surface area contributed by atoms with Crippen LogP contribution in [0.25, 0.3) is 0 Å². The van der Waals surface area contributed by atoms with Crippen LogP contribution >= 0.6 is 0 Å². The standard InChI is InChI=1S/C14H19F3O.CH4/c1-3-5-6-11-10-12(14(15,16)17)7-8-13(11)18-9-4-2;/h7-8,10H,3-6,9H2,1-2H3;1H4. The highest BCUT2D eigenvalue weighted by molar-refractivity contribution is 5.38. The molecule has 1 rings (SSSR count). The van der Waals surface area contributed by atoms with Gasteiger partial charge in [-0.1, -0.05) is 27.7 Å². The molecule has 0 spiro atoms. The molecule has 0 aliphatic rings. The molecule has 1 aromatic carbocycles. The highest BCUT2D eigenvalue weighted by atomic mass is 19.4. The maximum atomic E-state index is 12.6. The number of aryl methyl sites for hydroxylation is 1. The molecule has 0 aliphatic carbocycles. The summed E-state index contributed by atoms with van der Waals surface area (Å²) in [6.07, 6.45) is -1.01. The van der Waals surface area contributed by atoms with Gasteiger partial charge in [0.05, 0.1) is 12.2 Å². The Labute approximate surface area is 113 Å². The number of unbranched alkanes of at least 4 members (excludes halogenated alkanes) is 1. The predicted molar refractivity (Wildman–Crippen MR) is 72.6 cm³/mol. The fourth-order valence-corrected chi connectivity index (χ4v) is 1.67. The molecule has 4 heteroatoms. The monoisotopic (exact) mass is 276 g/mol.